The number of nitrogens with one attached hydrogen (secondary N) is 1. The normalized spacial score (nSPS) is 17.2. The van der Waals surface area contributed by atoms with Gasteiger partial charge in [0, 0.05) is 12.3 Å². The van der Waals surface area contributed by atoms with Crippen molar-refractivity contribution in [1.82, 2.24) is 5.32 Å². The smallest absolute Gasteiger partial charge is 0.316 e. The first-order chi connectivity index (χ1) is 11.7. The molecule has 24 heavy (non-hydrogen) atoms. The quantitative estimate of drug-likeness (QED) is 0.607. The summed E-state index contributed by atoms with van der Waals surface area (Å²) in [6, 6.07) is 11.7. The summed E-state index contributed by atoms with van der Waals surface area (Å²) in [6.45, 7) is 2.42. The number of hydrogen-bond donors (Lipinski definition) is 1. The zero-order valence-corrected chi connectivity index (χ0v) is 14.4. The van der Waals surface area contributed by atoms with Crippen LogP contribution >= 0.6 is 11.8 Å². The number of allylic oxidation sites excluding steroid dienone is 1. The first-order valence-electron chi connectivity index (χ1n) is 7.93. The van der Waals surface area contributed by atoms with Gasteiger partial charge >= 0.3 is 5.97 Å². The van der Waals surface area contributed by atoms with E-state index in [4.69, 9.17) is 4.74 Å². The minimum atomic E-state index is -0.339. The Morgan fingerprint density at radius 2 is 2.17 bits per heavy atom. The summed E-state index contributed by atoms with van der Waals surface area (Å²) in [7, 11) is 0. The van der Waals surface area contributed by atoms with Crippen molar-refractivity contribution in [1.29, 1.82) is 5.26 Å². The van der Waals surface area contributed by atoms with Gasteiger partial charge in [-0.2, -0.15) is 5.26 Å². The standard InChI is InChI=1S/C18H20N2O3S/c1-2-3-9-23-17(22)12-24-18-15(11-19)14(10-16(21)20-18)13-7-5-4-6-8-13/h4-8,14H,2-3,9-10,12H2,1H3,(H,20,21). The highest BCUT2D eigenvalue weighted by Crippen LogP contribution is 2.35. The van der Waals surface area contributed by atoms with E-state index in [0.29, 0.717) is 17.2 Å². The molecule has 6 heteroatoms. The molecule has 0 fully saturated rings. The fourth-order valence-corrected chi connectivity index (χ4v) is 3.28. The first-order valence-corrected chi connectivity index (χ1v) is 8.91. The number of nitrogens with zero attached hydrogens (tertiary/aromatic N) is 1. The molecule has 1 aromatic rings. The summed E-state index contributed by atoms with van der Waals surface area (Å²) in [6.07, 6.45) is 2.02. The van der Waals surface area contributed by atoms with E-state index in [0.717, 1.165) is 30.2 Å². The van der Waals surface area contributed by atoms with Crippen LogP contribution in [0.15, 0.2) is 40.9 Å². The first kappa shape index (κ1) is 18.1. The van der Waals surface area contributed by atoms with Crippen LogP contribution in [0.2, 0.25) is 0 Å². The predicted molar refractivity (Wildman–Crippen MR) is 92.9 cm³/mol. The molecular formula is C18H20N2O3S. The molecule has 2 rings (SSSR count). The van der Waals surface area contributed by atoms with Gasteiger partial charge in [0.05, 0.1) is 29.0 Å². The van der Waals surface area contributed by atoms with Crippen molar-refractivity contribution in [2.75, 3.05) is 12.4 Å². The van der Waals surface area contributed by atoms with Crippen LogP contribution in [0.4, 0.5) is 0 Å². The van der Waals surface area contributed by atoms with Crippen LogP contribution in [0, 0.1) is 11.3 Å². The highest BCUT2D eigenvalue weighted by molar-refractivity contribution is 8.03. The number of rotatable bonds is 7. The summed E-state index contributed by atoms with van der Waals surface area (Å²) >= 11 is 1.15. The molecule has 1 atom stereocenters. The third-order valence-electron chi connectivity index (χ3n) is 3.65. The second-order valence-corrected chi connectivity index (χ2v) is 6.42. The van der Waals surface area contributed by atoms with Crippen LogP contribution in [0.1, 0.15) is 37.7 Å². The van der Waals surface area contributed by atoms with Gasteiger partial charge in [-0.05, 0) is 12.0 Å². The molecule has 1 aliphatic heterocycles. The largest absolute Gasteiger partial charge is 0.465 e. The third-order valence-corrected chi connectivity index (χ3v) is 4.64. The van der Waals surface area contributed by atoms with Gasteiger partial charge in [0.1, 0.15) is 0 Å². The number of thioether (sulfide) groups is 1. The SMILES string of the molecule is CCCCOC(=O)CSC1=C(C#N)C(c2ccccc2)CC(=O)N1. The molecule has 0 bridgehead atoms. The van der Waals surface area contributed by atoms with Crippen molar-refractivity contribution < 1.29 is 14.3 Å². The highest BCUT2D eigenvalue weighted by atomic mass is 32.2. The monoisotopic (exact) mass is 344 g/mol. The molecule has 1 heterocycles. The fourth-order valence-electron chi connectivity index (χ4n) is 2.41. The Balaban J connectivity index is 2.10. The number of hydrogen-bond acceptors (Lipinski definition) is 5. The molecule has 1 aromatic carbocycles. The average Bonchev–Trinajstić information content (AvgIpc) is 2.60. The van der Waals surface area contributed by atoms with Crippen molar-refractivity contribution >= 4 is 23.6 Å². The van der Waals surface area contributed by atoms with Crippen LogP contribution in [0.5, 0.6) is 0 Å². The Bertz CT molecular complexity index is 665. The molecule has 1 aliphatic rings. The maximum Gasteiger partial charge on any atom is 0.316 e. The maximum atomic E-state index is 12.0. The van der Waals surface area contributed by atoms with Crippen LogP contribution < -0.4 is 5.32 Å². The molecule has 1 unspecified atom stereocenters. The fraction of sp³-hybridized carbons (Fsp3) is 0.389. The number of amides is 1. The van der Waals surface area contributed by atoms with Crippen molar-refractivity contribution in [3.63, 3.8) is 0 Å². The molecule has 0 saturated carbocycles. The molecule has 0 aliphatic carbocycles. The van der Waals surface area contributed by atoms with E-state index in [2.05, 4.69) is 11.4 Å². The number of unbranched alkanes of at least 4 members (excludes halogenated alkanes) is 1. The second-order valence-electron chi connectivity index (χ2n) is 5.43. The minimum Gasteiger partial charge on any atom is -0.465 e. The topological polar surface area (TPSA) is 79.2 Å². The third kappa shape index (κ3) is 4.87. The second kappa shape index (κ2) is 9.14. The number of carbonyl (C=O) groups excluding carboxylic acids is 2. The summed E-state index contributed by atoms with van der Waals surface area (Å²) < 4.78 is 5.10. The van der Waals surface area contributed by atoms with Crippen LogP contribution in [-0.2, 0) is 14.3 Å². The lowest BCUT2D eigenvalue weighted by atomic mass is 9.87. The maximum absolute atomic E-state index is 12.0. The van der Waals surface area contributed by atoms with E-state index in [1.165, 1.54) is 0 Å². The van der Waals surface area contributed by atoms with Gasteiger partial charge in [-0.15, -0.1) is 0 Å². The van der Waals surface area contributed by atoms with E-state index in [1.54, 1.807) is 0 Å². The minimum absolute atomic E-state index is 0.0754. The van der Waals surface area contributed by atoms with E-state index in [9.17, 15) is 14.9 Å². The highest BCUT2D eigenvalue weighted by Gasteiger charge is 2.29. The van der Waals surface area contributed by atoms with Crippen LogP contribution in [0.3, 0.4) is 0 Å². The summed E-state index contributed by atoms with van der Waals surface area (Å²) in [4.78, 5) is 23.7. The molecule has 5 nitrogen and oxygen atoms in total. The lowest BCUT2D eigenvalue weighted by Gasteiger charge is -2.24. The molecule has 0 saturated heterocycles. The number of carbonyl (C=O) groups is 2. The van der Waals surface area contributed by atoms with Crippen LogP contribution in [0.25, 0.3) is 0 Å². The predicted octanol–water partition coefficient (Wildman–Crippen LogP) is 3.10. The molecular weight excluding hydrogens is 324 g/mol. The zero-order chi connectivity index (χ0) is 17.4. The van der Waals surface area contributed by atoms with Gasteiger partial charge in [0.15, 0.2) is 0 Å². The summed E-state index contributed by atoms with van der Waals surface area (Å²) in [5, 5.41) is 12.7. The number of benzene rings is 1. The Kier molecular flexibility index (Phi) is 6.89. The number of nitriles is 1. The van der Waals surface area contributed by atoms with Crippen molar-refractivity contribution in [3.05, 3.63) is 46.5 Å². The Hall–Kier alpha value is -2.26. The van der Waals surface area contributed by atoms with Gasteiger partial charge in [-0.1, -0.05) is 55.4 Å². The Labute approximate surface area is 146 Å². The average molecular weight is 344 g/mol. The van der Waals surface area contributed by atoms with Crippen molar-refractivity contribution in [2.24, 2.45) is 0 Å². The molecule has 0 radical (unpaired) electrons. The van der Waals surface area contributed by atoms with E-state index < -0.39 is 0 Å². The zero-order valence-electron chi connectivity index (χ0n) is 13.6. The van der Waals surface area contributed by atoms with Gasteiger partial charge in [-0.3, -0.25) is 9.59 Å². The van der Waals surface area contributed by atoms with Gasteiger partial charge in [0.25, 0.3) is 0 Å². The lowest BCUT2D eigenvalue weighted by molar-refractivity contribution is -0.140. The molecule has 0 aromatic heterocycles. The lowest BCUT2D eigenvalue weighted by Crippen LogP contribution is -2.31. The van der Waals surface area contributed by atoms with Gasteiger partial charge in [0.2, 0.25) is 5.91 Å². The van der Waals surface area contributed by atoms with Crippen molar-refractivity contribution in [2.45, 2.75) is 32.1 Å². The molecule has 1 N–H and O–H groups in total. The summed E-state index contributed by atoms with van der Waals surface area (Å²) in [5.41, 5.74) is 1.42. The molecule has 0 spiro atoms. The summed E-state index contributed by atoms with van der Waals surface area (Å²) in [5.74, 6) is -0.686. The van der Waals surface area contributed by atoms with E-state index in [1.807, 2.05) is 37.3 Å². The van der Waals surface area contributed by atoms with Gasteiger partial charge in [-0.25, -0.2) is 0 Å². The number of esters is 1. The van der Waals surface area contributed by atoms with E-state index in [-0.39, 0.29) is 30.0 Å². The van der Waals surface area contributed by atoms with E-state index >= 15 is 0 Å². The van der Waals surface area contributed by atoms with Crippen LogP contribution in [-0.4, -0.2) is 24.2 Å². The van der Waals surface area contributed by atoms with Crippen molar-refractivity contribution in [3.8, 4) is 6.07 Å². The van der Waals surface area contributed by atoms with Gasteiger partial charge < -0.3 is 10.1 Å². The molecule has 1 amide bonds. The molecule has 126 valence electrons. The Morgan fingerprint density at radius 1 is 1.42 bits per heavy atom. The Morgan fingerprint density at radius 3 is 2.83 bits per heavy atom. The number of ether oxygens (including phenoxy) is 1.